The number of alkyl halides is 1. The number of benzene rings is 1. The lowest BCUT2D eigenvalue weighted by Gasteiger charge is -2.07. The van der Waals surface area contributed by atoms with Gasteiger partial charge in [0.1, 0.15) is 12.4 Å². The van der Waals surface area contributed by atoms with Crippen molar-refractivity contribution < 1.29 is 13.5 Å². The van der Waals surface area contributed by atoms with Gasteiger partial charge in [-0.1, -0.05) is 12.1 Å². The Bertz CT molecular complexity index is 531. The molecule has 0 aliphatic rings. The molecule has 0 aliphatic carbocycles. The van der Waals surface area contributed by atoms with Crippen LogP contribution in [0.1, 0.15) is 11.3 Å². The molecule has 1 heterocycles. The molecule has 0 radical (unpaired) electrons. The van der Waals surface area contributed by atoms with E-state index in [4.69, 9.17) is 16.3 Å². The van der Waals surface area contributed by atoms with Crippen molar-refractivity contribution in [3.8, 4) is 5.75 Å². The predicted octanol–water partition coefficient (Wildman–Crippen LogP) is 3.68. The second-order valence-corrected chi connectivity index (χ2v) is 3.89. The molecule has 0 bridgehead atoms. The monoisotopic (exact) mass is 269 g/mol. The minimum Gasteiger partial charge on any atom is -0.487 e. The van der Waals surface area contributed by atoms with Crippen LogP contribution in [0.5, 0.6) is 5.75 Å². The summed E-state index contributed by atoms with van der Waals surface area (Å²) in [5.41, 5.74) is 0.886. The summed E-state index contributed by atoms with van der Waals surface area (Å²) < 4.78 is 31.6. The van der Waals surface area contributed by atoms with Crippen molar-refractivity contribution in [2.75, 3.05) is 0 Å². The fraction of sp³-hybridized carbons (Fsp3) is 0.154. The van der Waals surface area contributed by atoms with Gasteiger partial charge >= 0.3 is 0 Å². The number of nitrogens with zero attached hydrogens (tertiary/aromatic N) is 1. The first kappa shape index (κ1) is 12.8. The topological polar surface area (TPSA) is 22.1 Å². The van der Waals surface area contributed by atoms with Crippen LogP contribution in [0.3, 0.4) is 0 Å². The zero-order chi connectivity index (χ0) is 13.0. The molecule has 0 atom stereocenters. The zero-order valence-corrected chi connectivity index (χ0v) is 10.1. The first-order valence-corrected chi connectivity index (χ1v) is 5.80. The molecule has 2 rings (SSSR count). The van der Waals surface area contributed by atoms with Gasteiger partial charge in [-0.3, -0.25) is 4.98 Å². The van der Waals surface area contributed by atoms with E-state index < -0.39 is 11.6 Å². The standard InChI is InChI=1S/C13H10ClF2NO/c14-6-10-4-5-11(7-17-10)18-8-9-2-1-3-12(15)13(9)16/h1-5,7H,6,8H2. The third-order valence-corrected chi connectivity index (χ3v) is 2.63. The maximum Gasteiger partial charge on any atom is 0.165 e. The van der Waals surface area contributed by atoms with Gasteiger partial charge in [-0.2, -0.15) is 0 Å². The normalized spacial score (nSPS) is 10.4. The Kier molecular flexibility index (Phi) is 4.10. The van der Waals surface area contributed by atoms with Gasteiger partial charge in [-0.15, -0.1) is 11.6 Å². The smallest absolute Gasteiger partial charge is 0.165 e. The van der Waals surface area contributed by atoms with Gasteiger partial charge in [0.25, 0.3) is 0 Å². The number of halogens is 3. The van der Waals surface area contributed by atoms with Crippen LogP contribution in [0, 0.1) is 11.6 Å². The lowest BCUT2D eigenvalue weighted by molar-refractivity contribution is 0.296. The Morgan fingerprint density at radius 3 is 2.67 bits per heavy atom. The van der Waals surface area contributed by atoms with Crippen LogP contribution in [0.4, 0.5) is 8.78 Å². The molecule has 5 heteroatoms. The highest BCUT2D eigenvalue weighted by molar-refractivity contribution is 6.16. The Morgan fingerprint density at radius 2 is 2.00 bits per heavy atom. The molecule has 1 aromatic carbocycles. The minimum absolute atomic E-state index is 0.0501. The van der Waals surface area contributed by atoms with Crippen LogP contribution in [0.15, 0.2) is 36.5 Å². The summed E-state index contributed by atoms with van der Waals surface area (Å²) in [5, 5.41) is 0. The Hall–Kier alpha value is -1.68. The molecule has 0 N–H and O–H groups in total. The highest BCUT2D eigenvalue weighted by atomic mass is 35.5. The molecule has 94 valence electrons. The van der Waals surface area contributed by atoms with E-state index in [0.29, 0.717) is 11.6 Å². The number of hydrogen-bond acceptors (Lipinski definition) is 2. The zero-order valence-electron chi connectivity index (χ0n) is 9.37. The third kappa shape index (κ3) is 2.96. The highest BCUT2D eigenvalue weighted by Gasteiger charge is 2.08. The molecule has 2 aromatic rings. The highest BCUT2D eigenvalue weighted by Crippen LogP contribution is 2.16. The number of rotatable bonds is 4. The molecule has 0 fully saturated rings. The van der Waals surface area contributed by atoms with Crippen molar-refractivity contribution in [2.45, 2.75) is 12.5 Å². The van der Waals surface area contributed by atoms with Crippen LogP contribution < -0.4 is 4.74 Å². The van der Waals surface area contributed by atoms with Crippen LogP contribution in [-0.4, -0.2) is 4.98 Å². The molecular formula is C13H10ClF2NO. The summed E-state index contributed by atoms with van der Waals surface area (Å²) >= 11 is 5.60. The summed E-state index contributed by atoms with van der Waals surface area (Å²) in [7, 11) is 0. The van der Waals surface area contributed by atoms with E-state index in [1.807, 2.05) is 0 Å². The SMILES string of the molecule is Fc1cccc(COc2ccc(CCl)nc2)c1F. The third-order valence-electron chi connectivity index (χ3n) is 2.36. The average Bonchev–Trinajstić information content (AvgIpc) is 2.41. The first-order valence-electron chi connectivity index (χ1n) is 5.27. The van der Waals surface area contributed by atoms with Crippen LogP contribution in [0.25, 0.3) is 0 Å². The van der Waals surface area contributed by atoms with Crippen molar-refractivity contribution in [2.24, 2.45) is 0 Å². The van der Waals surface area contributed by atoms with E-state index in [9.17, 15) is 8.78 Å². The maximum atomic E-state index is 13.3. The van der Waals surface area contributed by atoms with Crippen LogP contribution in [-0.2, 0) is 12.5 Å². The second kappa shape index (κ2) is 5.78. The van der Waals surface area contributed by atoms with Crippen LogP contribution >= 0.6 is 11.6 Å². The van der Waals surface area contributed by atoms with Gasteiger partial charge in [0, 0.05) is 5.56 Å². The largest absolute Gasteiger partial charge is 0.487 e. The van der Waals surface area contributed by atoms with Crippen molar-refractivity contribution in [1.82, 2.24) is 4.98 Å². The van der Waals surface area contributed by atoms with Gasteiger partial charge < -0.3 is 4.74 Å². The molecule has 0 amide bonds. The fourth-order valence-corrected chi connectivity index (χ4v) is 1.55. The predicted molar refractivity (Wildman–Crippen MR) is 64.5 cm³/mol. The summed E-state index contributed by atoms with van der Waals surface area (Å²) in [6.07, 6.45) is 1.49. The second-order valence-electron chi connectivity index (χ2n) is 3.62. The van der Waals surface area contributed by atoms with E-state index in [1.165, 1.54) is 18.3 Å². The molecule has 2 nitrogen and oxygen atoms in total. The van der Waals surface area contributed by atoms with Crippen molar-refractivity contribution >= 4 is 11.6 Å². The van der Waals surface area contributed by atoms with E-state index in [-0.39, 0.29) is 12.2 Å². The maximum absolute atomic E-state index is 13.3. The lowest BCUT2D eigenvalue weighted by Crippen LogP contribution is -2.00. The number of pyridine rings is 1. The number of ether oxygens (including phenoxy) is 1. The summed E-state index contributed by atoms with van der Waals surface area (Å²) in [6, 6.07) is 7.37. The Balaban J connectivity index is 2.04. The number of aromatic nitrogens is 1. The van der Waals surface area contributed by atoms with Gasteiger partial charge in [0.05, 0.1) is 17.8 Å². The van der Waals surface area contributed by atoms with Crippen molar-refractivity contribution in [1.29, 1.82) is 0 Å². The Labute approximate surface area is 108 Å². The fourth-order valence-electron chi connectivity index (χ4n) is 1.40. The summed E-state index contributed by atoms with van der Waals surface area (Å²) in [6.45, 7) is -0.0501. The summed E-state index contributed by atoms with van der Waals surface area (Å²) in [5.74, 6) is -0.971. The van der Waals surface area contributed by atoms with E-state index in [1.54, 1.807) is 12.1 Å². The molecule has 0 saturated heterocycles. The molecular weight excluding hydrogens is 260 g/mol. The quantitative estimate of drug-likeness (QED) is 0.790. The van der Waals surface area contributed by atoms with Gasteiger partial charge in [0.15, 0.2) is 11.6 Å². The molecule has 0 unspecified atom stereocenters. The van der Waals surface area contributed by atoms with Gasteiger partial charge in [0.2, 0.25) is 0 Å². The average molecular weight is 270 g/mol. The molecule has 0 saturated carbocycles. The Morgan fingerprint density at radius 1 is 1.17 bits per heavy atom. The number of hydrogen-bond donors (Lipinski definition) is 0. The molecule has 0 aliphatic heterocycles. The molecule has 0 spiro atoms. The summed E-state index contributed by atoms with van der Waals surface area (Å²) in [4.78, 5) is 4.02. The lowest BCUT2D eigenvalue weighted by atomic mass is 10.2. The van der Waals surface area contributed by atoms with Gasteiger partial charge in [-0.25, -0.2) is 8.78 Å². The minimum atomic E-state index is -0.886. The van der Waals surface area contributed by atoms with Crippen LogP contribution in [0.2, 0.25) is 0 Å². The van der Waals surface area contributed by atoms with Crippen molar-refractivity contribution in [3.63, 3.8) is 0 Å². The van der Waals surface area contributed by atoms with E-state index in [0.717, 1.165) is 11.8 Å². The molecule has 1 aromatic heterocycles. The first-order chi connectivity index (χ1) is 8.70. The van der Waals surface area contributed by atoms with Crippen molar-refractivity contribution in [3.05, 3.63) is 59.4 Å². The van der Waals surface area contributed by atoms with E-state index in [2.05, 4.69) is 4.98 Å². The molecule has 18 heavy (non-hydrogen) atoms. The van der Waals surface area contributed by atoms with E-state index >= 15 is 0 Å². The van der Waals surface area contributed by atoms with Gasteiger partial charge in [-0.05, 0) is 18.2 Å².